The maximum absolute atomic E-state index is 13.2. The van der Waals surface area contributed by atoms with Crippen molar-refractivity contribution in [3.63, 3.8) is 0 Å². The minimum absolute atomic E-state index is 0.0154. The highest BCUT2D eigenvalue weighted by molar-refractivity contribution is 7.99. The average Bonchev–Trinajstić information content (AvgIpc) is 2.94. The number of thioether (sulfide) groups is 1. The Labute approximate surface area is 132 Å². The smallest absolute Gasteiger partial charge is 0.167 e. The molecule has 120 valence electrons. The molecule has 3 fully saturated rings. The largest absolute Gasteiger partial charge is 0.374 e. The topological polar surface area (TPSA) is 35.5 Å². The van der Waals surface area contributed by atoms with Crippen LogP contribution in [0.1, 0.15) is 51.9 Å². The Morgan fingerprint density at radius 1 is 1.29 bits per heavy atom. The fourth-order valence-electron chi connectivity index (χ4n) is 4.50. The van der Waals surface area contributed by atoms with Gasteiger partial charge in [0.15, 0.2) is 5.78 Å². The van der Waals surface area contributed by atoms with Gasteiger partial charge in [-0.05, 0) is 50.2 Å². The summed E-state index contributed by atoms with van der Waals surface area (Å²) in [6, 6.07) is 0. The predicted molar refractivity (Wildman–Crippen MR) is 85.7 cm³/mol. The first-order valence-electron chi connectivity index (χ1n) is 8.40. The van der Waals surface area contributed by atoms with Gasteiger partial charge in [0.1, 0.15) is 5.60 Å². The van der Waals surface area contributed by atoms with E-state index < -0.39 is 5.60 Å². The van der Waals surface area contributed by atoms with E-state index in [1.54, 1.807) is 7.11 Å². The van der Waals surface area contributed by atoms with Crippen molar-refractivity contribution in [3.8, 4) is 0 Å². The van der Waals surface area contributed by atoms with Crippen LogP contribution in [0.15, 0.2) is 0 Å². The van der Waals surface area contributed by atoms with E-state index in [-0.39, 0.29) is 11.5 Å². The number of methoxy groups -OCH3 is 1. The van der Waals surface area contributed by atoms with Gasteiger partial charge < -0.3 is 9.47 Å². The van der Waals surface area contributed by atoms with Crippen molar-refractivity contribution in [3.05, 3.63) is 0 Å². The minimum Gasteiger partial charge on any atom is -0.374 e. The molecule has 0 bridgehead atoms. The van der Waals surface area contributed by atoms with Gasteiger partial charge in [-0.15, -0.1) is 0 Å². The molecule has 1 spiro atoms. The fraction of sp³-hybridized carbons (Fsp3) is 0.941. The SMILES string of the molecule is COC1(C(=O)C2CCOC3(CCSC3)C2)CCCC(C)C1. The van der Waals surface area contributed by atoms with Crippen LogP contribution in [0.4, 0.5) is 0 Å². The van der Waals surface area contributed by atoms with Crippen LogP contribution in [0.25, 0.3) is 0 Å². The minimum atomic E-state index is -0.507. The van der Waals surface area contributed by atoms with Crippen LogP contribution in [0.2, 0.25) is 0 Å². The van der Waals surface area contributed by atoms with Crippen molar-refractivity contribution >= 4 is 17.5 Å². The van der Waals surface area contributed by atoms with E-state index in [2.05, 4.69) is 6.92 Å². The van der Waals surface area contributed by atoms with E-state index in [1.807, 2.05) is 11.8 Å². The average molecular weight is 312 g/mol. The Bertz CT molecular complexity index is 391. The monoisotopic (exact) mass is 312 g/mol. The maximum Gasteiger partial charge on any atom is 0.167 e. The van der Waals surface area contributed by atoms with Crippen LogP contribution in [0.3, 0.4) is 0 Å². The van der Waals surface area contributed by atoms with Gasteiger partial charge in [-0.3, -0.25) is 4.79 Å². The molecule has 4 heteroatoms. The standard InChI is InChI=1S/C17H28O3S/c1-13-4-3-6-17(10-13,19-2)15(18)14-5-8-20-16(11-14)7-9-21-12-16/h13-14H,3-12H2,1-2H3. The second-order valence-electron chi connectivity index (χ2n) is 7.29. The molecule has 3 aliphatic rings. The Kier molecular flexibility index (Phi) is 4.68. The summed E-state index contributed by atoms with van der Waals surface area (Å²) in [7, 11) is 1.73. The van der Waals surface area contributed by atoms with Gasteiger partial charge in [-0.2, -0.15) is 11.8 Å². The lowest BCUT2D eigenvalue weighted by molar-refractivity contribution is -0.160. The van der Waals surface area contributed by atoms with E-state index in [9.17, 15) is 4.79 Å². The molecule has 1 saturated carbocycles. The number of carbonyl (C=O) groups is 1. The Morgan fingerprint density at radius 2 is 2.14 bits per heavy atom. The molecule has 1 aliphatic carbocycles. The summed E-state index contributed by atoms with van der Waals surface area (Å²) in [4.78, 5) is 13.2. The van der Waals surface area contributed by atoms with Crippen molar-refractivity contribution in [2.24, 2.45) is 11.8 Å². The Balaban J connectivity index is 1.73. The molecule has 4 unspecified atom stereocenters. The molecule has 0 amide bonds. The van der Waals surface area contributed by atoms with Gasteiger partial charge in [-0.1, -0.05) is 13.3 Å². The first-order chi connectivity index (χ1) is 10.1. The summed E-state index contributed by atoms with van der Waals surface area (Å²) in [6.45, 7) is 2.99. The molecule has 2 aliphatic heterocycles. The third-order valence-electron chi connectivity index (χ3n) is 5.73. The Hall–Kier alpha value is -0.0600. The molecule has 0 aromatic heterocycles. The lowest BCUT2D eigenvalue weighted by Gasteiger charge is -2.43. The summed E-state index contributed by atoms with van der Waals surface area (Å²) in [5, 5.41) is 0. The van der Waals surface area contributed by atoms with Crippen LogP contribution in [-0.2, 0) is 14.3 Å². The van der Waals surface area contributed by atoms with Crippen molar-refractivity contribution in [1.82, 2.24) is 0 Å². The van der Waals surface area contributed by atoms with Gasteiger partial charge in [-0.25, -0.2) is 0 Å². The van der Waals surface area contributed by atoms with Crippen molar-refractivity contribution in [2.45, 2.75) is 63.1 Å². The van der Waals surface area contributed by atoms with E-state index >= 15 is 0 Å². The molecule has 0 aromatic rings. The van der Waals surface area contributed by atoms with E-state index in [4.69, 9.17) is 9.47 Å². The molecule has 0 aromatic carbocycles. The number of hydrogen-bond acceptors (Lipinski definition) is 4. The number of carbonyl (C=O) groups excluding carboxylic acids is 1. The van der Waals surface area contributed by atoms with Crippen LogP contribution in [0.5, 0.6) is 0 Å². The van der Waals surface area contributed by atoms with E-state index in [1.165, 1.54) is 12.2 Å². The lowest BCUT2D eigenvalue weighted by atomic mass is 9.70. The maximum atomic E-state index is 13.2. The lowest BCUT2D eigenvalue weighted by Crippen LogP contribution is -2.51. The van der Waals surface area contributed by atoms with Crippen LogP contribution in [-0.4, -0.2) is 42.2 Å². The quantitative estimate of drug-likeness (QED) is 0.799. The van der Waals surface area contributed by atoms with Crippen LogP contribution in [0, 0.1) is 11.8 Å². The Morgan fingerprint density at radius 3 is 2.81 bits per heavy atom. The molecule has 3 rings (SSSR count). The van der Waals surface area contributed by atoms with Gasteiger partial charge in [0.05, 0.1) is 5.60 Å². The highest BCUT2D eigenvalue weighted by atomic mass is 32.2. The molecule has 21 heavy (non-hydrogen) atoms. The number of Topliss-reactive ketones (excluding diaryl/α,β-unsaturated/α-hetero) is 1. The van der Waals surface area contributed by atoms with Crippen molar-refractivity contribution < 1.29 is 14.3 Å². The number of rotatable bonds is 3. The highest BCUT2D eigenvalue weighted by Crippen LogP contribution is 2.44. The molecule has 3 nitrogen and oxygen atoms in total. The van der Waals surface area contributed by atoms with Crippen LogP contribution >= 0.6 is 11.8 Å². The first-order valence-corrected chi connectivity index (χ1v) is 9.56. The first kappa shape index (κ1) is 15.8. The zero-order valence-corrected chi connectivity index (χ0v) is 14.2. The molecule has 0 radical (unpaired) electrons. The second-order valence-corrected chi connectivity index (χ2v) is 8.39. The fourth-order valence-corrected chi connectivity index (χ4v) is 5.88. The predicted octanol–water partition coefficient (Wildman–Crippen LogP) is 3.45. The summed E-state index contributed by atoms with van der Waals surface area (Å²) < 4.78 is 11.9. The van der Waals surface area contributed by atoms with E-state index in [0.717, 1.165) is 50.9 Å². The summed E-state index contributed by atoms with van der Waals surface area (Å²) in [5.41, 5.74) is -0.523. The molecule has 0 N–H and O–H groups in total. The molecular weight excluding hydrogens is 284 g/mol. The zero-order chi connectivity index (χ0) is 14.9. The third kappa shape index (κ3) is 3.04. The van der Waals surface area contributed by atoms with E-state index in [0.29, 0.717) is 11.7 Å². The summed E-state index contributed by atoms with van der Waals surface area (Å²) >= 11 is 1.97. The van der Waals surface area contributed by atoms with Gasteiger partial charge in [0.2, 0.25) is 0 Å². The van der Waals surface area contributed by atoms with Gasteiger partial charge >= 0.3 is 0 Å². The second kappa shape index (κ2) is 6.21. The molecule has 4 atom stereocenters. The number of ether oxygens (including phenoxy) is 2. The summed E-state index contributed by atoms with van der Waals surface area (Å²) in [5.74, 6) is 3.35. The normalized spacial score (nSPS) is 44.1. The van der Waals surface area contributed by atoms with Crippen molar-refractivity contribution in [1.29, 1.82) is 0 Å². The number of ketones is 1. The summed E-state index contributed by atoms with van der Waals surface area (Å²) in [6.07, 6.45) is 7.06. The molecular formula is C17H28O3S. The third-order valence-corrected chi connectivity index (χ3v) is 6.95. The van der Waals surface area contributed by atoms with Crippen LogP contribution < -0.4 is 0 Å². The van der Waals surface area contributed by atoms with Gasteiger partial charge in [0.25, 0.3) is 0 Å². The number of hydrogen-bond donors (Lipinski definition) is 0. The van der Waals surface area contributed by atoms with Crippen molar-refractivity contribution in [2.75, 3.05) is 25.2 Å². The van der Waals surface area contributed by atoms with Gasteiger partial charge in [0, 0.05) is 25.4 Å². The molecule has 2 saturated heterocycles. The molecule has 2 heterocycles. The highest BCUT2D eigenvalue weighted by Gasteiger charge is 2.49. The zero-order valence-electron chi connectivity index (χ0n) is 13.4.